The highest BCUT2D eigenvalue weighted by atomic mass is 19.1. The van der Waals surface area contributed by atoms with Crippen LogP contribution in [-0.2, 0) is 11.3 Å². The fourth-order valence-electron chi connectivity index (χ4n) is 2.09. The number of ether oxygens (including phenoxy) is 1. The molecule has 4 nitrogen and oxygen atoms in total. The molecule has 0 bridgehead atoms. The zero-order valence-electron chi connectivity index (χ0n) is 10.4. The van der Waals surface area contributed by atoms with Crippen LogP contribution < -0.4 is 0 Å². The van der Waals surface area contributed by atoms with Crippen molar-refractivity contribution < 1.29 is 13.9 Å². The van der Waals surface area contributed by atoms with Crippen molar-refractivity contribution >= 4 is 6.09 Å². The molecule has 1 aliphatic heterocycles. The Balaban J connectivity index is 1.87. The number of halogens is 1. The van der Waals surface area contributed by atoms with Crippen molar-refractivity contribution in [3.8, 4) is 0 Å². The maximum Gasteiger partial charge on any atom is 0.409 e. The Bertz CT molecular complexity index is 417. The van der Waals surface area contributed by atoms with Gasteiger partial charge in [-0.1, -0.05) is 18.2 Å². The second kappa shape index (κ2) is 5.82. The van der Waals surface area contributed by atoms with E-state index in [2.05, 4.69) is 9.64 Å². The molecule has 0 radical (unpaired) electrons. The van der Waals surface area contributed by atoms with Crippen molar-refractivity contribution in [1.82, 2.24) is 9.80 Å². The van der Waals surface area contributed by atoms with Crippen LogP contribution in [-0.4, -0.2) is 49.2 Å². The molecule has 1 aromatic rings. The number of rotatable bonds is 2. The van der Waals surface area contributed by atoms with Crippen LogP contribution >= 0.6 is 0 Å². The Labute approximate surface area is 106 Å². The third-order valence-electron chi connectivity index (χ3n) is 3.16. The molecule has 98 valence electrons. The van der Waals surface area contributed by atoms with Crippen LogP contribution in [0.3, 0.4) is 0 Å². The second-order valence-electron chi connectivity index (χ2n) is 4.32. The van der Waals surface area contributed by atoms with Crippen LogP contribution in [0.25, 0.3) is 0 Å². The van der Waals surface area contributed by atoms with Crippen LogP contribution in [0.2, 0.25) is 0 Å². The topological polar surface area (TPSA) is 32.8 Å². The van der Waals surface area contributed by atoms with Gasteiger partial charge in [-0.2, -0.15) is 0 Å². The van der Waals surface area contributed by atoms with Gasteiger partial charge in [0, 0.05) is 38.3 Å². The molecule has 0 saturated carbocycles. The molecule has 1 aliphatic rings. The Hall–Kier alpha value is -1.62. The van der Waals surface area contributed by atoms with Crippen LogP contribution in [0.1, 0.15) is 5.56 Å². The first-order valence-corrected chi connectivity index (χ1v) is 5.99. The molecule has 0 atom stereocenters. The Morgan fingerprint density at radius 2 is 1.94 bits per heavy atom. The molecule has 0 aliphatic carbocycles. The van der Waals surface area contributed by atoms with Crippen LogP contribution in [0, 0.1) is 5.82 Å². The molecule has 0 N–H and O–H groups in total. The highest BCUT2D eigenvalue weighted by Gasteiger charge is 2.21. The van der Waals surface area contributed by atoms with E-state index in [1.807, 2.05) is 6.07 Å². The molecule has 5 heteroatoms. The third-order valence-corrected chi connectivity index (χ3v) is 3.16. The second-order valence-corrected chi connectivity index (χ2v) is 4.32. The Morgan fingerprint density at radius 1 is 1.28 bits per heavy atom. The van der Waals surface area contributed by atoms with Gasteiger partial charge in [-0.05, 0) is 6.07 Å². The van der Waals surface area contributed by atoms with Gasteiger partial charge in [-0.25, -0.2) is 9.18 Å². The van der Waals surface area contributed by atoms with E-state index < -0.39 is 0 Å². The van der Waals surface area contributed by atoms with Crippen molar-refractivity contribution in [2.24, 2.45) is 0 Å². The number of nitrogens with zero attached hydrogens (tertiary/aromatic N) is 2. The highest BCUT2D eigenvalue weighted by molar-refractivity contribution is 5.67. The summed E-state index contributed by atoms with van der Waals surface area (Å²) >= 11 is 0. The molecular formula is C13H17FN2O2. The maximum absolute atomic E-state index is 13.5. The summed E-state index contributed by atoms with van der Waals surface area (Å²) in [6.07, 6.45) is -0.291. The molecule has 2 rings (SSSR count). The van der Waals surface area contributed by atoms with Gasteiger partial charge >= 0.3 is 6.09 Å². The standard InChI is InChI=1S/C13H17FN2O2/c1-18-13(17)16-8-6-15(7-9-16)10-11-4-2-3-5-12(11)14/h2-5H,6-10H2,1H3. The largest absolute Gasteiger partial charge is 0.453 e. The minimum Gasteiger partial charge on any atom is -0.453 e. The van der Waals surface area contributed by atoms with E-state index in [0.717, 1.165) is 13.1 Å². The Kier molecular flexibility index (Phi) is 4.15. The van der Waals surface area contributed by atoms with Crippen molar-refractivity contribution in [3.05, 3.63) is 35.6 Å². The molecule has 18 heavy (non-hydrogen) atoms. The van der Waals surface area contributed by atoms with Gasteiger partial charge in [0.1, 0.15) is 5.82 Å². The molecule has 1 aromatic carbocycles. The summed E-state index contributed by atoms with van der Waals surface area (Å²) in [5, 5.41) is 0. The number of methoxy groups -OCH3 is 1. The van der Waals surface area contributed by atoms with Crippen LogP contribution in [0.5, 0.6) is 0 Å². The minimum absolute atomic E-state index is 0.173. The average molecular weight is 252 g/mol. The van der Waals surface area contributed by atoms with Gasteiger partial charge in [0.25, 0.3) is 0 Å². The number of benzene rings is 1. The normalized spacial score (nSPS) is 16.7. The predicted molar refractivity (Wildman–Crippen MR) is 65.7 cm³/mol. The quantitative estimate of drug-likeness (QED) is 0.803. The van der Waals surface area contributed by atoms with Crippen molar-refractivity contribution in [2.45, 2.75) is 6.54 Å². The molecule has 0 spiro atoms. The first-order chi connectivity index (χ1) is 8.70. The number of carbonyl (C=O) groups excluding carboxylic acids is 1. The SMILES string of the molecule is COC(=O)N1CCN(Cc2ccccc2F)CC1. The summed E-state index contributed by atoms with van der Waals surface area (Å²) in [6.45, 7) is 3.32. The van der Waals surface area contributed by atoms with Gasteiger partial charge in [0.2, 0.25) is 0 Å². The van der Waals surface area contributed by atoms with Gasteiger partial charge in [0.05, 0.1) is 7.11 Å². The summed E-state index contributed by atoms with van der Waals surface area (Å²) in [7, 11) is 1.38. The van der Waals surface area contributed by atoms with E-state index in [4.69, 9.17) is 0 Å². The zero-order chi connectivity index (χ0) is 13.0. The molecule has 0 unspecified atom stereocenters. The number of hydrogen-bond acceptors (Lipinski definition) is 3. The van der Waals surface area contributed by atoms with Gasteiger partial charge in [-0.3, -0.25) is 4.90 Å². The fourth-order valence-corrected chi connectivity index (χ4v) is 2.09. The average Bonchev–Trinajstić information content (AvgIpc) is 2.41. The van der Waals surface area contributed by atoms with E-state index in [0.29, 0.717) is 25.2 Å². The lowest BCUT2D eigenvalue weighted by Crippen LogP contribution is -2.48. The van der Waals surface area contributed by atoms with E-state index in [-0.39, 0.29) is 11.9 Å². The zero-order valence-corrected chi connectivity index (χ0v) is 10.4. The molecule has 0 aromatic heterocycles. The first-order valence-electron chi connectivity index (χ1n) is 5.99. The summed E-state index contributed by atoms with van der Waals surface area (Å²) in [4.78, 5) is 15.1. The highest BCUT2D eigenvalue weighted by Crippen LogP contribution is 2.12. The lowest BCUT2D eigenvalue weighted by atomic mass is 10.2. The van der Waals surface area contributed by atoms with Gasteiger partial charge in [0.15, 0.2) is 0 Å². The van der Waals surface area contributed by atoms with Crippen molar-refractivity contribution in [2.75, 3.05) is 33.3 Å². The lowest BCUT2D eigenvalue weighted by Gasteiger charge is -2.33. The van der Waals surface area contributed by atoms with E-state index in [1.165, 1.54) is 13.2 Å². The van der Waals surface area contributed by atoms with Crippen LogP contribution in [0.4, 0.5) is 9.18 Å². The van der Waals surface area contributed by atoms with Gasteiger partial charge < -0.3 is 9.64 Å². The summed E-state index contributed by atoms with van der Waals surface area (Å²) in [6, 6.07) is 6.79. The third kappa shape index (κ3) is 2.98. The number of carbonyl (C=O) groups is 1. The predicted octanol–water partition coefficient (Wildman–Crippen LogP) is 1.71. The molecule has 1 amide bonds. The number of amides is 1. The summed E-state index contributed by atoms with van der Waals surface area (Å²) < 4.78 is 18.2. The van der Waals surface area contributed by atoms with Crippen molar-refractivity contribution in [3.63, 3.8) is 0 Å². The smallest absolute Gasteiger partial charge is 0.409 e. The molecular weight excluding hydrogens is 235 g/mol. The molecule has 1 heterocycles. The first kappa shape index (κ1) is 12.8. The minimum atomic E-state index is -0.291. The Morgan fingerprint density at radius 3 is 2.56 bits per heavy atom. The number of hydrogen-bond donors (Lipinski definition) is 0. The van der Waals surface area contributed by atoms with Crippen molar-refractivity contribution in [1.29, 1.82) is 0 Å². The van der Waals surface area contributed by atoms with E-state index in [1.54, 1.807) is 17.0 Å². The van der Waals surface area contributed by atoms with E-state index >= 15 is 0 Å². The van der Waals surface area contributed by atoms with Gasteiger partial charge in [-0.15, -0.1) is 0 Å². The maximum atomic E-state index is 13.5. The monoisotopic (exact) mass is 252 g/mol. The van der Waals surface area contributed by atoms with Crippen LogP contribution in [0.15, 0.2) is 24.3 Å². The lowest BCUT2D eigenvalue weighted by molar-refractivity contribution is 0.0885. The molecule has 1 saturated heterocycles. The fraction of sp³-hybridized carbons (Fsp3) is 0.462. The molecule has 1 fully saturated rings. The van der Waals surface area contributed by atoms with E-state index in [9.17, 15) is 9.18 Å². The summed E-state index contributed by atoms with van der Waals surface area (Å²) in [5.74, 6) is -0.173. The summed E-state index contributed by atoms with van der Waals surface area (Å²) in [5.41, 5.74) is 0.698. The number of piperazine rings is 1.